The number of nitrogens with zero attached hydrogens (tertiary/aromatic N) is 4. The van der Waals surface area contributed by atoms with E-state index in [1.165, 1.54) is 16.8 Å². The molecule has 0 spiro atoms. The smallest absolute Gasteiger partial charge is 0.220 e. The molecule has 0 radical (unpaired) electrons. The summed E-state index contributed by atoms with van der Waals surface area (Å²) < 4.78 is 2.06. The first-order valence-corrected chi connectivity index (χ1v) is 12.1. The topological polar surface area (TPSA) is 63.1 Å². The van der Waals surface area contributed by atoms with Gasteiger partial charge in [-0.2, -0.15) is 5.10 Å². The Balaban J connectivity index is 1.43. The average Bonchev–Trinajstić information content (AvgIpc) is 3.21. The Kier molecular flexibility index (Phi) is 7.89. The minimum absolute atomic E-state index is 0.0725. The molecule has 2 atom stereocenters. The molecule has 6 nitrogen and oxygen atoms in total. The predicted molar refractivity (Wildman–Crippen MR) is 131 cm³/mol. The molecule has 0 aliphatic carbocycles. The summed E-state index contributed by atoms with van der Waals surface area (Å²) in [6.07, 6.45) is 7.27. The lowest BCUT2D eigenvalue weighted by Gasteiger charge is -2.37. The van der Waals surface area contributed by atoms with Gasteiger partial charge in [-0.05, 0) is 63.3 Å². The lowest BCUT2D eigenvalue weighted by atomic mass is 9.88. The molecule has 1 saturated heterocycles. The number of carbonyl (C=O) groups excluding carboxylic acids is 1. The molecule has 2 aromatic heterocycles. The molecular weight excluding hydrogens is 410 g/mol. The highest BCUT2D eigenvalue weighted by atomic mass is 16.1. The van der Waals surface area contributed by atoms with Crippen LogP contribution >= 0.6 is 0 Å². The Labute approximate surface area is 197 Å². The van der Waals surface area contributed by atoms with Crippen molar-refractivity contribution < 1.29 is 4.79 Å². The second kappa shape index (κ2) is 11.2. The maximum absolute atomic E-state index is 12.9. The van der Waals surface area contributed by atoms with Crippen LogP contribution in [0.25, 0.3) is 0 Å². The molecule has 1 N–H and O–H groups in total. The van der Waals surface area contributed by atoms with Crippen molar-refractivity contribution in [3.63, 3.8) is 0 Å². The summed E-state index contributed by atoms with van der Waals surface area (Å²) >= 11 is 0. The molecule has 3 aromatic rings. The zero-order valence-electron chi connectivity index (χ0n) is 19.8. The summed E-state index contributed by atoms with van der Waals surface area (Å²) in [5.74, 6) is 0.419. The molecule has 3 heterocycles. The number of pyridine rings is 1. The Morgan fingerprint density at radius 3 is 2.73 bits per heavy atom. The Bertz CT molecular complexity index is 1020. The molecule has 6 heteroatoms. The number of piperidine rings is 1. The summed E-state index contributed by atoms with van der Waals surface area (Å²) in [6.45, 7) is 8.08. The molecule has 1 aromatic carbocycles. The SMILES string of the molecule is CCn1ncc(CN2CCCC(C(NC(=O)CCc3ccccc3)c3ccccn3)C2)c1C. The Hall–Kier alpha value is -2.99. The summed E-state index contributed by atoms with van der Waals surface area (Å²) in [5, 5.41) is 7.85. The first kappa shape index (κ1) is 23.2. The van der Waals surface area contributed by atoms with E-state index in [4.69, 9.17) is 0 Å². The number of benzene rings is 1. The van der Waals surface area contributed by atoms with E-state index in [-0.39, 0.29) is 11.9 Å². The second-order valence-electron chi connectivity index (χ2n) is 8.99. The largest absolute Gasteiger partial charge is 0.347 e. The van der Waals surface area contributed by atoms with Crippen LogP contribution in [0.5, 0.6) is 0 Å². The lowest BCUT2D eigenvalue weighted by Crippen LogP contribution is -2.43. The fourth-order valence-electron chi connectivity index (χ4n) is 4.85. The van der Waals surface area contributed by atoms with Crippen molar-refractivity contribution in [1.29, 1.82) is 0 Å². The third kappa shape index (κ3) is 6.08. The van der Waals surface area contributed by atoms with Gasteiger partial charge in [0.15, 0.2) is 0 Å². The Morgan fingerprint density at radius 2 is 2.00 bits per heavy atom. The standard InChI is InChI=1S/C27H35N5O/c1-3-32-21(2)24(18-29-32)20-31-17-9-12-23(19-31)27(25-13-7-8-16-28-25)30-26(33)15-14-22-10-5-4-6-11-22/h4-8,10-11,13,16,18,23,27H,3,9,12,14-15,17,19-20H2,1-2H3,(H,30,33). The molecule has 0 saturated carbocycles. The van der Waals surface area contributed by atoms with Gasteiger partial charge in [0, 0.05) is 43.5 Å². The van der Waals surface area contributed by atoms with Crippen molar-refractivity contribution in [2.24, 2.45) is 5.92 Å². The van der Waals surface area contributed by atoms with Crippen molar-refractivity contribution in [2.45, 2.75) is 58.7 Å². The number of aromatic nitrogens is 3. The summed E-state index contributed by atoms with van der Waals surface area (Å²) in [5.41, 5.74) is 4.68. The van der Waals surface area contributed by atoms with Crippen LogP contribution in [0.1, 0.15) is 54.7 Å². The van der Waals surface area contributed by atoms with Gasteiger partial charge in [0.1, 0.15) is 0 Å². The number of hydrogen-bond acceptors (Lipinski definition) is 4. The number of carbonyl (C=O) groups is 1. The van der Waals surface area contributed by atoms with Crippen LogP contribution in [0.2, 0.25) is 0 Å². The van der Waals surface area contributed by atoms with Gasteiger partial charge >= 0.3 is 0 Å². The van der Waals surface area contributed by atoms with E-state index in [1.54, 1.807) is 0 Å². The number of amides is 1. The maximum atomic E-state index is 12.9. The van der Waals surface area contributed by atoms with E-state index < -0.39 is 0 Å². The first-order chi connectivity index (χ1) is 16.1. The van der Waals surface area contributed by atoms with E-state index in [2.05, 4.69) is 51.0 Å². The molecule has 1 aliphatic heterocycles. The molecular formula is C27H35N5O. The van der Waals surface area contributed by atoms with Gasteiger partial charge in [-0.25, -0.2) is 0 Å². The molecule has 2 unspecified atom stereocenters. The molecule has 1 fully saturated rings. The fraction of sp³-hybridized carbons (Fsp3) is 0.444. The number of aryl methyl sites for hydroxylation is 2. The zero-order chi connectivity index (χ0) is 23.0. The number of nitrogens with one attached hydrogen (secondary N) is 1. The van der Waals surface area contributed by atoms with Crippen molar-refractivity contribution >= 4 is 5.91 Å². The normalized spacial score (nSPS) is 17.6. The molecule has 1 aliphatic rings. The van der Waals surface area contributed by atoms with Gasteiger partial charge < -0.3 is 5.32 Å². The van der Waals surface area contributed by atoms with E-state index in [1.807, 2.05) is 48.8 Å². The lowest BCUT2D eigenvalue weighted by molar-refractivity contribution is -0.122. The minimum atomic E-state index is -0.0725. The molecule has 1 amide bonds. The van der Waals surface area contributed by atoms with Gasteiger partial charge in [-0.1, -0.05) is 36.4 Å². The Morgan fingerprint density at radius 1 is 1.18 bits per heavy atom. The van der Waals surface area contributed by atoms with Gasteiger partial charge in [0.2, 0.25) is 5.91 Å². The van der Waals surface area contributed by atoms with E-state index in [0.29, 0.717) is 12.3 Å². The first-order valence-electron chi connectivity index (χ1n) is 12.1. The van der Waals surface area contributed by atoms with Crippen LogP contribution in [0.15, 0.2) is 60.9 Å². The van der Waals surface area contributed by atoms with Crippen molar-refractivity contribution in [3.8, 4) is 0 Å². The van der Waals surface area contributed by atoms with Crippen LogP contribution < -0.4 is 5.32 Å². The van der Waals surface area contributed by atoms with Crippen LogP contribution in [0.4, 0.5) is 0 Å². The van der Waals surface area contributed by atoms with E-state index >= 15 is 0 Å². The van der Waals surface area contributed by atoms with Gasteiger partial charge in [-0.3, -0.25) is 19.4 Å². The third-order valence-electron chi connectivity index (χ3n) is 6.72. The predicted octanol–water partition coefficient (Wildman–Crippen LogP) is 4.31. The van der Waals surface area contributed by atoms with Crippen molar-refractivity contribution in [3.05, 3.63) is 83.4 Å². The van der Waals surface area contributed by atoms with Gasteiger partial charge in [-0.15, -0.1) is 0 Å². The molecule has 4 rings (SSSR count). The summed E-state index contributed by atoms with van der Waals surface area (Å²) in [7, 11) is 0. The van der Waals surface area contributed by atoms with E-state index in [9.17, 15) is 4.79 Å². The molecule has 33 heavy (non-hydrogen) atoms. The highest BCUT2D eigenvalue weighted by Gasteiger charge is 2.30. The van der Waals surface area contributed by atoms with Crippen molar-refractivity contribution in [1.82, 2.24) is 25.0 Å². The molecule has 174 valence electrons. The number of likely N-dealkylation sites (tertiary alicyclic amines) is 1. The number of rotatable bonds is 9. The quantitative estimate of drug-likeness (QED) is 0.533. The highest BCUT2D eigenvalue weighted by molar-refractivity contribution is 5.76. The number of hydrogen-bond donors (Lipinski definition) is 1. The van der Waals surface area contributed by atoms with Gasteiger partial charge in [0.25, 0.3) is 0 Å². The monoisotopic (exact) mass is 445 g/mol. The van der Waals surface area contributed by atoms with Crippen molar-refractivity contribution in [2.75, 3.05) is 13.1 Å². The van der Waals surface area contributed by atoms with Crippen LogP contribution in [-0.4, -0.2) is 38.7 Å². The third-order valence-corrected chi connectivity index (χ3v) is 6.72. The maximum Gasteiger partial charge on any atom is 0.220 e. The summed E-state index contributed by atoms with van der Waals surface area (Å²) in [4.78, 5) is 20.1. The summed E-state index contributed by atoms with van der Waals surface area (Å²) in [6, 6.07) is 16.1. The van der Waals surface area contributed by atoms with Crippen LogP contribution in [0.3, 0.4) is 0 Å². The van der Waals surface area contributed by atoms with E-state index in [0.717, 1.165) is 51.1 Å². The van der Waals surface area contributed by atoms with Crippen LogP contribution in [0, 0.1) is 12.8 Å². The second-order valence-corrected chi connectivity index (χ2v) is 8.99. The highest BCUT2D eigenvalue weighted by Crippen LogP contribution is 2.30. The van der Waals surface area contributed by atoms with Gasteiger partial charge in [0.05, 0.1) is 17.9 Å². The van der Waals surface area contributed by atoms with Crippen LogP contribution in [-0.2, 0) is 24.3 Å². The fourth-order valence-corrected chi connectivity index (χ4v) is 4.85. The minimum Gasteiger partial charge on any atom is -0.347 e. The molecule has 0 bridgehead atoms. The zero-order valence-corrected chi connectivity index (χ0v) is 19.8. The average molecular weight is 446 g/mol.